The van der Waals surface area contributed by atoms with Gasteiger partial charge in [-0.15, -0.1) is 0 Å². The van der Waals surface area contributed by atoms with E-state index in [0.717, 1.165) is 5.69 Å². The van der Waals surface area contributed by atoms with Gasteiger partial charge in [-0.1, -0.05) is 6.92 Å². The van der Waals surface area contributed by atoms with Crippen LogP contribution in [-0.2, 0) is 16.6 Å². The fraction of sp³-hybridized carbons (Fsp3) is 0.375. The lowest BCUT2D eigenvalue weighted by molar-refractivity contribution is 0.683. The lowest BCUT2D eigenvalue weighted by Gasteiger charge is -1.99. The summed E-state index contributed by atoms with van der Waals surface area (Å²) in [5, 5.41) is 0. The Morgan fingerprint density at radius 2 is 2.42 bits per heavy atom. The minimum Gasteiger partial charge on any atom is -0.399 e. The molecule has 0 saturated heterocycles. The molecule has 1 unspecified atom stereocenters. The molecule has 0 spiro atoms. The van der Waals surface area contributed by atoms with Crippen molar-refractivity contribution in [2.24, 2.45) is 0 Å². The third-order valence-corrected chi connectivity index (χ3v) is 2.73. The van der Waals surface area contributed by atoms with Gasteiger partial charge in [0.1, 0.15) is 0 Å². The highest BCUT2D eigenvalue weighted by Gasteiger charge is 1.99. The van der Waals surface area contributed by atoms with Crippen LogP contribution in [0.3, 0.4) is 0 Å². The Hall–Kier alpha value is -0.900. The third-order valence-electron chi connectivity index (χ3n) is 1.47. The van der Waals surface area contributed by atoms with Gasteiger partial charge < -0.3 is 5.73 Å². The van der Waals surface area contributed by atoms with E-state index in [-0.39, 0.29) is 0 Å². The van der Waals surface area contributed by atoms with Gasteiger partial charge in [-0.25, -0.2) is 0 Å². The average molecular weight is 184 g/mol. The van der Waals surface area contributed by atoms with Crippen LogP contribution in [0.25, 0.3) is 0 Å². The summed E-state index contributed by atoms with van der Waals surface area (Å²) < 4.78 is 11.1. The van der Waals surface area contributed by atoms with Crippen LogP contribution in [0.5, 0.6) is 0 Å². The van der Waals surface area contributed by atoms with E-state index >= 15 is 0 Å². The van der Waals surface area contributed by atoms with Crippen molar-refractivity contribution < 1.29 is 4.21 Å². The summed E-state index contributed by atoms with van der Waals surface area (Å²) in [6, 6.07) is 3.48. The summed E-state index contributed by atoms with van der Waals surface area (Å²) in [5.41, 5.74) is 7.01. The predicted octanol–water partition coefficient (Wildman–Crippen LogP) is 0.932. The molecule has 0 aliphatic carbocycles. The molecule has 2 N–H and O–H groups in total. The Kier molecular flexibility index (Phi) is 3.22. The van der Waals surface area contributed by atoms with Crippen LogP contribution >= 0.6 is 0 Å². The largest absolute Gasteiger partial charge is 0.399 e. The number of nitrogens with zero attached hydrogens (tertiary/aromatic N) is 1. The molecule has 0 aromatic carbocycles. The van der Waals surface area contributed by atoms with Crippen LogP contribution in [0.4, 0.5) is 5.69 Å². The Morgan fingerprint density at radius 3 is 3.00 bits per heavy atom. The van der Waals surface area contributed by atoms with Crippen molar-refractivity contribution in [1.29, 1.82) is 0 Å². The number of hydrogen-bond donors (Lipinski definition) is 1. The van der Waals surface area contributed by atoms with Crippen LogP contribution in [0, 0.1) is 0 Å². The molecule has 0 bridgehead atoms. The first kappa shape index (κ1) is 9.19. The second-order valence-corrected chi connectivity index (χ2v) is 4.20. The number of pyridine rings is 1. The maximum Gasteiger partial charge on any atom is 0.0659 e. The third kappa shape index (κ3) is 2.62. The summed E-state index contributed by atoms with van der Waals surface area (Å²) in [4.78, 5) is 4.05. The minimum atomic E-state index is -0.804. The summed E-state index contributed by atoms with van der Waals surface area (Å²) in [6.45, 7) is 1.89. The molecule has 0 amide bonds. The zero-order valence-corrected chi connectivity index (χ0v) is 7.80. The lowest BCUT2D eigenvalue weighted by Crippen LogP contribution is -2.00. The summed E-state index contributed by atoms with van der Waals surface area (Å²) in [6.07, 6.45) is 1.64. The Balaban J connectivity index is 2.69. The normalized spacial score (nSPS) is 12.8. The SMILES string of the molecule is CCS(=O)Cc1cc(N)ccn1. The molecular formula is C8H12N2OS. The quantitative estimate of drug-likeness (QED) is 0.760. The summed E-state index contributed by atoms with van der Waals surface area (Å²) in [7, 11) is -0.804. The number of anilines is 1. The molecule has 0 aliphatic heterocycles. The Bertz CT molecular complexity index is 288. The smallest absolute Gasteiger partial charge is 0.0659 e. The van der Waals surface area contributed by atoms with Crippen molar-refractivity contribution in [3.63, 3.8) is 0 Å². The number of nitrogen functional groups attached to an aromatic ring is 1. The van der Waals surface area contributed by atoms with Crippen LogP contribution in [0.2, 0.25) is 0 Å². The molecule has 1 aromatic rings. The van der Waals surface area contributed by atoms with Crippen molar-refractivity contribution in [2.75, 3.05) is 11.5 Å². The van der Waals surface area contributed by atoms with Gasteiger partial charge >= 0.3 is 0 Å². The summed E-state index contributed by atoms with van der Waals surface area (Å²) in [5.74, 6) is 1.16. The van der Waals surface area contributed by atoms with Gasteiger partial charge in [0.15, 0.2) is 0 Å². The molecule has 0 aliphatic rings. The van der Waals surface area contributed by atoms with Crippen molar-refractivity contribution >= 4 is 16.5 Å². The van der Waals surface area contributed by atoms with Crippen LogP contribution in [0.1, 0.15) is 12.6 Å². The van der Waals surface area contributed by atoms with Gasteiger partial charge in [0, 0.05) is 28.4 Å². The van der Waals surface area contributed by atoms with Gasteiger partial charge in [-0.3, -0.25) is 9.19 Å². The monoisotopic (exact) mass is 184 g/mol. The van der Waals surface area contributed by atoms with Gasteiger partial charge in [-0.05, 0) is 12.1 Å². The molecular weight excluding hydrogens is 172 g/mol. The second-order valence-electron chi connectivity index (χ2n) is 2.45. The van der Waals surface area contributed by atoms with E-state index in [4.69, 9.17) is 5.73 Å². The van der Waals surface area contributed by atoms with E-state index in [2.05, 4.69) is 4.98 Å². The average Bonchev–Trinajstić information content (AvgIpc) is 2.04. The molecule has 1 atom stereocenters. The Labute approximate surface area is 74.5 Å². The topological polar surface area (TPSA) is 56.0 Å². The van der Waals surface area contributed by atoms with Crippen molar-refractivity contribution in [3.8, 4) is 0 Å². The van der Waals surface area contributed by atoms with Crippen molar-refractivity contribution in [2.45, 2.75) is 12.7 Å². The minimum absolute atomic E-state index is 0.502. The lowest BCUT2D eigenvalue weighted by atomic mass is 10.3. The number of aromatic nitrogens is 1. The van der Waals surface area contributed by atoms with Gasteiger partial charge in [-0.2, -0.15) is 0 Å². The van der Waals surface area contributed by atoms with Crippen LogP contribution in [-0.4, -0.2) is 14.9 Å². The first-order valence-electron chi connectivity index (χ1n) is 3.77. The molecule has 1 heterocycles. The van der Waals surface area contributed by atoms with Crippen molar-refractivity contribution in [1.82, 2.24) is 4.98 Å². The molecule has 1 aromatic heterocycles. The van der Waals surface area contributed by atoms with Crippen LogP contribution < -0.4 is 5.73 Å². The first-order chi connectivity index (χ1) is 5.72. The van der Waals surface area contributed by atoms with E-state index in [9.17, 15) is 4.21 Å². The predicted molar refractivity (Wildman–Crippen MR) is 51.0 cm³/mol. The standard InChI is InChI=1S/C8H12N2OS/c1-2-12(11)6-8-5-7(9)3-4-10-8/h3-5H,2,6H2,1H3,(H2,9,10). The van der Waals surface area contributed by atoms with Gasteiger partial charge in [0.25, 0.3) is 0 Å². The summed E-state index contributed by atoms with van der Waals surface area (Å²) >= 11 is 0. The molecule has 12 heavy (non-hydrogen) atoms. The number of rotatable bonds is 3. The fourth-order valence-corrected chi connectivity index (χ4v) is 1.53. The van der Waals surface area contributed by atoms with E-state index < -0.39 is 10.8 Å². The van der Waals surface area contributed by atoms with Crippen molar-refractivity contribution in [3.05, 3.63) is 24.0 Å². The van der Waals surface area contributed by atoms with Gasteiger partial charge in [0.2, 0.25) is 0 Å². The molecule has 3 nitrogen and oxygen atoms in total. The number of nitrogens with two attached hydrogens (primary N) is 1. The molecule has 66 valence electrons. The van der Waals surface area contributed by atoms with Gasteiger partial charge in [0.05, 0.1) is 11.4 Å². The highest BCUT2D eigenvalue weighted by atomic mass is 32.2. The van der Waals surface area contributed by atoms with E-state index in [1.54, 1.807) is 18.3 Å². The van der Waals surface area contributed by atoms with E-state index in [1.807, 2.05) is 6.92 Å². The molecule has 0 saturated carbocycles. The molecule has 4 heteroatoms. The maximum absolute atomic E-state index is 11.1. The Morgan fingerprint density at radius 1 is 1.67 bits per heavy atom. The maximum atomic E-state index is 11.1. The zero-order chi connectivity index (χ0) is 8.97. The van der Waals surface area contributed by atoms with Crippen LogP contribution in [0.15, 0.2) is 18.3 Å². The number of hydrogen-bond acceptors (Lipinski definition) is 3. The van der Waals surface area contributed by atoms with E-state index in [1.165, 1.54) is 0 Å². The van der Waals surface area contributed by atoms with E-state index in [0.29, 0.717) is 17.2 Å². The highest BCUT2D eigenvalue weighted by molar-refractivity contribution is 7.84. The second kappa shape index (κ2) is 4.21. The molecule has 0 radical (unpaired) electrons. The zero-order valence-electron chi connectivity index (χ0n) is 6.99. The first-order valence-corrected chi connectivity index (χ1v) is 5.26. The highest BCUT2D eigenvalue weighted by Crippen LogP contribution is 2.05. The molecule has 0 fully saturated rings. The molecule has 1 rings (SSSR count). The fourth-order valence-electron chi connectivity index (χ4n) is 0.843.